The first-order valence-electron chi connectivity index (χ1n) is 13.1. The van der Waals surface area contributed by atoms with Gasteiger partial charge in [0.15, 0.2) is 15.5 Å². The molecule has 14 heteroatoms. The van der Waals surface area contributed by atoms with Crippen LogP contribution in [0.2, 0.25) is 5.02 Å². The van der Waals surface area contributed by atoms with Crippen LogP contribution in [-0.4, -0.2) is 75.8 Å². The Hall–Kier alpha value is -3.86. The van der Waals surface area contributed by atoms with E-state index in [2.05, 4.69) is 4.98 Å². The van der Waals surface area contributed by atoms with Crippen molar-refractivity contribution in [3.63, 3.8) is 0 Å². The third kappa shape index (κ3) is 5.88. The van der Waals surface area contributed by atoms with Crippen molar-refractivity contribution in [2.24, 2.45) is 0 Å². The van der Waals surface area contributed by atoms with Crippen LogP contribution < -0.4 is 5.56 Å². The molecule has 0 radical (unpaired) electrons. The summed E-state index contributed by atoms with van der Waals surface area (Å²) in [7, 11) is -3.82. The molecule has 1 saturated heterocycles. The predicted octanol–water partition coefficient (Wildman–Crippen LogP) is 2.86. The third-order valence-corrected chi connectivity index (χ3v) is 10.5. The number of thioether (sulfide) groups is 1. The van der Waals surface area contributed by atoms with E-state index in [1.165, 1.54) is 45.5 Å². The molecule has 5 rings (SSSR count). The normalized spacial score (nSPS) is 16.8. The van der Waals surface area contributed by atoms with Gasteiger partial charge in [-0.25, -0.2) is 8.42 Å². The van der Waals surface area contributed by atoms with Crippen LogP contribution in [0.5, 0.6) is 5.75 Å². The van der Waals surface area contributed by atoms with E-state index in [9.17, 15) is 27.9 Å². The first kappa shape index (κ1) is 29.6. The summed E-state index contributed by atoms with van der Waals surface area (Å²) in [5.74, 6) is -1.77. The van der Waals surface area contributed by atoms with Crippen LogP contribution in [0.15, 0.2) is 63.1 Å². The fourth-order valence-electron chi connectivity index (χ4n) is 5.17. The lowest BCUT2D eigenvalue weighted by atomic mass is 10.1. The zero-order chi connectivity index (χ0) is 30.0. The predicted molar refractivity (Wildman–Crippen MR) is 155 cm³/mol. The van der Waals surface area contributed by atoms with E-state index in [0.717, 1.165) is 4.90 Å². The minimum atomic E-state index is -3.82. The highest BCUT2D eigenvalue weighted by Gasteiger charge is 2.38. The molecule has 3 heterocycles. The molecule has 2 aliphatic heterocycles. The topological polar surface area (TPSA) is 154 Å². The largest absolute Gasteiger partial charge is 0.501 e. The van der Waals surface area contributed by atoms with Crippen LogP contribution in [0.4, 0.5) is 0 Å². The molecule has 2 aliphatic rings. The summed E-state index contributed by atoms with van der Waals surface area (Å²) in [6.07, 6.45) is 1.20. The maximum absolute atomic E-state index is 13.5. The van der Waals surface area contributed by atoms with Gasteiger partial charge in [0.25, 0.3) is 5.91 Å². The van der Waals surface area contributed by atoms with Crippen molar-refractivity contribution in [2.45, 2.75) is 35.2 Å². The van der Waals surface area contributed by atoms with Gasteiger partial charge < -0.3 is 19.5 Å². The molecule has 42 heavy (non-hydrogen) atoms. The van der Waals surface area contributed by atoms with Crippen LogP contribution in [0.25, 0.3) is 0 Å². The first-order chi connectivity index (χ1) is 20.1. The smallest absolute Gasteiger partial charge is 0.315 e. The van der Waals surface area contributed by atoms with Gasteiger partial charge in [0, 0.05) is 31.1 Å². The number of amides is 2. The van der Waals surface area contributed by atoms with E-state index in [4.69, 9.17) is 16.9 Å². The molecule has 1 atom stereocenters. The van der Waals surface area contributed by atoms with Gasteiger partial charge in [-0.2, -0.15) is 10.2 Å². The van der Waals surface area contributed by atoms with Gasteiger partial charge in [-0.05, 0) is 43.2 Å². The van der Waals surface area contributed by atoms with Gasteiger partial charge in [-0.1, -0.05) is 29.8 Å². The fraction of sp³-hybridized carbons (Fsp3) is 0.321. The van der Waals surface area contributed by atoms with Crippen molar-refractivity contribution < 1.29 is 23.1 Å². The molecule has 0 saturated carbocycles. The molecule has 3 aromatic rings. The number of rotatable bonds is 8. The molecule has 1 fully saturated rings. The lowest BCUT2D eigenvalue weighted by Crippen LogP contribution is -2.46. The van der Waals surface area contributed by atoms with Crippen molar-refractivity contribution in [3.8, 4) is 11.8 Å². The maximum Gasteiger partial charge on any atom is 0.315 e. The van der Waals surface area contributed by atoms with Crippen molar-refractivity contribution in [1.29, 1.82) is 5.26 Å². The Morgan fingerprint density at radius 3 is 2.69 bits per heavy atom. The van der Waals surface area contributed by atoms with Crippen LogP contribution in [-0.2, 0) is 21.2 Å². The number of fused-ring (bicyclic) bond motifs is 1. The number of hydrogen-bond acceptors (Lipinski definition) is 9. The van der Waals surface area contributed by atoms with E-state index >= 15 is 0 Å². The van der Waals surface area contributed by atoms with Gasteiger partial charge in [-0.15, -0.1) is 11.8 Å². The van der Waals surface area contributed by atoms with E-state index in [0.29, 0.717) is 24.4 Å². The number of hydrogen-bond donors (Lipinski definition) is 1. The zero-order valence-corrected chi connectivity index (χ0v) is 24.7. The SMILES string of the molecule is N#Cc1cccc(S(=O)(=O)CCN2CCn3c([C@@H]4CCCN4C(=O)CSc4ccccc4Cl)nc(=O)c(O)c3C2=O)c1. The second-order valence-corrected chi connectivity index (χ2v) is 13.4. The van der Waals surface area contributed by atoms with E-state index in [1.54, 1.807) is 17.0 Å². The van der Waals surface area contributed by atoms with Crippen molar-refractivity contribution in [3.05, 3.63) is 81.0 Å². The summed E-state index contributed by atoms with van der Waals surface area (Å²) in [6.45, 7) is 0.522. The van der Waals surface area contributed by atoms with Gasteiger partial charge in [0.05, 0.1) is 39.1 Å². The number of carbonyl (C=O) groups excluding carboxylic acids is 2. The van der Waals surface area contributed by atoms with E-state index < -0.39 is 38.8 Å². The van der Waals surface area contributed by atoms with Gasteiger partial charge in [0.2, 0.25) is 11.7 Å². The van der Waals surface area contributed by atoms with E-state index in [1.807, 2.05) is 18.2 Å². The average molecular weight is 628 g/mol. The number of aromatic hydroxyl groups is 1. The highest BCUT2D eigenvalue weighted by Crippen LogP contribution is 2.35. The van der Waals surface area contributed by atoms with Crippen LogP contribution in [0.1, 0.15) is 40.8 Å². The molecule has 0 bridgehead atoms. The van der Waals surface area contributed by atoms with Crippen LogP contribution in [0, 0.1) is 11.3 Å². The number of benzene rings is 2. The lowest BCUT2D eigenvalue weighted by Gasteiger charge is -2.33. The number of likely N-dealkylation sites (tertiary alicyclic amines) is 1. The molecule has 0 unspecified atom stereocenters. The van der Waals surface area contributed by atoms with Crippen molar-refractivity contribution in [2.75, 3.05) is 31.1 Å². The summed E-state index contributed by atoms with van der Waals surface area (Å²) in [5, 5.41) is 20.2. The Morgan fingerprint density at radius 2 is 1.93 bits per heavy atom. The number of carbonyl (C=O) groups is 2. The molecule has 1 N–H and O–H groups in total. The van der Waals surface area contributed by atoms with Crippen LogP contribution >= 0.6 is 23.4 Å². The number of aromatic nitrogens is 2. The molecular formula is C28H26ClN5O6S2. The molecule has 0 aliphatic carbocycles. The number of nitriles is 1. The zero-order valence-electron chi connectivity index (χ0n) is 22.3. The Labute approximate surface area is 251 Å². The first-order valence-corrected chi connectivity index (χ1v) is 16.1. The second kappa shape index (κ2) is 12.2. The molecule has 2 amide bonds. The Bertz CT molecular complexity index is 1770. The standard InChI is InChI=1S/C28H26ClN5O6S2/c29-20-7-1-2-9-22(20)41-17-23(35)33-10-4-8-21(33)26-31-27(37)25(36)24-28(38)32(11-12-34(24)26)13-14-42(39,40)19-6-3-5-18(15-19)16-30/h1-3,5-7,9,15,21,36H,4,8,10-14,17H2/t21-/m0/s1. The molecule has 218 valence electrons. The summed E-state index contributed by atoms with van der Waals surface area (Å²) in [4.78, 5) is 47.1. The highest BCUT2D eigenvalue weighted by molar-refractivity contribution is 8.00. The third-order valence-electron chi connectivity index (χ3n) is 7.28. The summed E-state index contributed by atoms with van der Waals surface area (Å²) in [5.41, 5.74) is -1.06. The minimum Gasteiger partial charge on any atom is -0.501 e. The van der Waals surface area contributed by atoms with Crippen molar-refractivity contribution >= 4 is 45.0 Å². The Morgan fingerprint density at radius 1 is 1.14 bits per heavy atom. The van der Waals surface area contributed by atoms with Gasteiger partial charge >= 0.3 is 5.56 Å². The number of sulfone groups is 1. The Kier molecular flexibility index (Phi) is 8.58. The molecule has 0 spiro atoms. The van der Waals surface area contributed by atoms with Gasteiger partial charge in [-0.3, -0.25) is 14.4 Å². The lowest BCUT2D eigenvalue weighted by molar-refractivity contribution is -0.129. The van der Waals surface area contributed by atoms with E-state index in [-0.39, 0.29) is 53.3 Å². The number of nitrogens with zero attached hydrogens (tertiary/aromatic N) is 5. The quantitative estimate of drug-likeness (QED) is 0.371. The monoisotopic (exact) mass is 627 g/mol. The molecule has 2 aromatic carbocycles. The molecular weight excluding hydrogens is 602 g/mol. The fourth-order valence-corrected chi connectivity index (χ4v) is 7.58. The van der Waals surface area contributed by atoms with Gasteiger partial charge in [0.1, 0.15) is 5.82 Å². The summed E-state index contributed by atoms with van der Waals surface area (Å²) in [6, 6.07) is 14.2. The summed E-state index contributed by atoms with van der Waals surface area (Å²) >= 11 is 7.53. The second-order valence-electron chi connectivity index (χ2n) is 9.84. The van der Waals surface area contributed by atoms with Crippen molar-refractivity contribution in [1.82, 2.24) is 19.4 Å². The number of halogens is 1. The molecule has 11 nitrogen and oxygen atoms in total. The Balaban J connectivity index is 1.35. The highest BCUT2D eigenvalue weighted by atomic mass is 35.5. The summed E-state index contributed by atoms with van der Waals surface area (Å²) < 4.78 is 27.3. The maximum atomic E-state index is 13.5. The minimum absolute atomic E-state index is 0.0318. The molecule has 1 aromatic heterocycles. The average Bonchev–Trinajstić information content (AvgIpc) is 3.48. The van der Waals surface area contributed by atoms with Crippen LogP contribution in [0.3, 0.4) is 0 Å².